The number of hydrogen-bond acceptors (Lipinski definition) is 9. The summed E-state index contributed by atoms with van der Waals surface area (Å²) in [6.45, 7) is 2.80. The van der Waals surface area contributed by atoms with E-state index in [0.29, 0.717) is 71.4 Å². The van der Waals surface area contributed by atoms with E-state index in [9.17, 15) is 28.8 Å². The summed E-state index contributed by atoms with van der Waals surface area (Å²) < 4.78 is 0. The molecule has 8 rings (SSSR count). The maximum atomic E-state index is 12.7. The van der Waals surface area contributed by atoms with Crippen LogP contribution in [0, 0.1) is 0 Å². The fourth-order valence-electron chi connectivity index (χ4n) is 7.52. The van der Waals surface area contributed by atoms with Gasteiger partial charge in [-0.3, -0.25) is 39.5 Å². The fraction of sp³-hybridized carbons (Fsp3) is 0.526. The molecule has 0 unspecified atom stereocenters. The number of rotatable bonds is 9. The van der Waals surface area contributed by atoms with Crippen molar-refractivity contribution in [3.05, 3.63) is 71.8 Å². The molecule has 6 aliphatic rings. The Hall–Kier alpha value is -5.26. The van der Waals surface area contributed by atoms with Gasteiger partial charge in [0.05, 0.1) is 12.1 Å². The zero-order valence-electron chi connectivity index (χ0n) is 30.9. The van der Waals surface area contributed by atoms with Crippen molar-refractivity contribution in [3.63, 3.8) is 0 Å². The Bertz CT molecular complexity index is 1680. The van der Waals surface area contributed by atoms with Gasteiger partial charge in [-0.25, -0.2) is 20.2 Å². The van der Waals surface area contributed by atoms with Crippen LogP contribution in [0.3, 0.4) is 0 Å². The van der Waals surface area contributed by atoms with E-state index in [-0.39, 0.29) is 41.9 Å². The molecule has 2 aromatic rings. The fourth-order valence-corrected chi connectivity index (χ4v) is 7.52. The standard InChI is InChI=1S/C19H24N4O4.C14H16N2O4.C5H10N2O/c24-17-8-4-5-11-22(17)20-18(25)16-10-9-15-12-21(16)19(26)23(15)27-13-14-6-2-1-3-7-14;17-13(18)12-7-6-11-8-15(12)14(19)16(11)20-9-10-4-2-1-3-5-10;6-7-4-2-1-3-5(7)8/h1-3,6-7,15-16H,4-5,8-13H2,(H,20,25);1-5,11-12H,6-9H2,(H,17,18);1-4,6H2/t15-,16+;11-,12+;/m11./s1. The maximum absolute atomic E-state index is 12.7. The number of carbonyl (C=O) groups is 6. The molecule has 6 aliphatic heterocycles. The first-order chi connectivity index (χ1) is 26.6. The quantitative estimate of drug-likeness (QED) is 0.252. The number of urea groups is 2. The first-order valence-electron chi connectivity index (χ1n) is 19.0. The molecule has 0 spiro atoms. The minimum atomic E-state index is -0.943. The lowest BCUT2D eigenvalue weighted by atomic mass is 10.0. The number of nitrogens with zero attached hydrogens (tertiary/aromatic N) is 6. The van der Waals surface area contributed by atoms with Crippen LogP contribution in [-0.2, 0) is 42.1 Å². The van der Waals surface area contributed by atoms with E-state index in [1.807, 2.05) is 60.7 Å². The number of aliphatic carboxylic acids is 1. The smallest absolute Gasteiger partial charge is 0.345 e. The largest absolute Gasteiger partial charge is 0.480 e. The number of nitrogens with two attached hydrogens (primary N) is 1. The molecule has 17 nitrogen and oxygen atoms in total. The number of nitrogens with one attached hydrogen (secondary N) is 1. The van der Waals surface area contributed by atoms with Gasteiger partial charge in [-0.15, -0.1) is 0 Å². The third kappa shape index (κ3) is 9.71. The predicted octanol–water partition coefficient (Wildman–Crippen LogP) is 2.77. The molecule has 0 radical (unpaired) electrons. The minimum absolute atomic E-state index is 0.0399. The van der Waals surface area contributed by atoms with Gasteiger partial charge < -0.3 is 14.9 Å². The summed E-state index contributed by atoms with van der Waals surface area (Å²) in [7, 11) is 0. The van der Waals surface area contributed by atoms with Gasteiger partial charge >= 0.3 is 18.0 Å². The van der Waals surface area contributed by atoms with Crippen LogP contribution in [0.2, 0.25) is 0 Å². The predicted molar refractivity (Wildman–Crippen MR) is 195 cm³/mol. The number of amides is 7. The Kier molecular flexibility index (Phi) is 13.2. The lowest BCUT2D eigenvalue weighted by Gasteiger charge is -2.33. The Balaban J connectivity index is 0.000000160. The number of carbonyl (C=O) groups excluding carboxylic acids is 5. The molecule has 6 fully saturated rings. The van der Waals surface area contributed by atoms with E-state index in [1.165, 1.54) is 25.0 Å². The van der Waals surface area contributed by atoms with Crippen LogP contribution < -0.4 is 11.3 Å². The first kappa shape index (κ1) is 39.4. The minimum Gasteiger partial charge on any atom is -0.480 e. The lowest BCUT2D eigenvalue weighted by Crippen LogP contribution is -2.56. The summed E-state index contributed by atoms with van der Waals surface area (Å²) in [5.74, 6) is 4.04. The highest BCUT2D eigenvalue weighted by molar-refractivity contribution is 5.90. The first-order valence-corrected chi connectivity index (χ1v) is 19.0. The molecule has 0 saturated carbocycles. The second kappa shape index (κ2) is 18.4. The van der Waals surface area contributed by atoms with Crippen LogP contribution >= 0.6 is 0 Å². The van der Waals surface area contributed by atoms with Crippen molar-refractivity contribution >= 4 is 35.8 Å². The Morgan fingerprint density at radius 3 is 1.64 bits per heavy atom. The molecule has 4 bridgehead atoms. The van der Waals surface area contributed by atoms with Gasteiger partial charge in [0.2, 0.25) is 11.8 Å². The van der Waals surface area contributed by atoms with Gasteiger partial charge in [-0.1, -0.05) is 60.7 Å². The Labute approximate surface area is 319 Å². The third-order valence-electron chi connectivity index (χ3n) is 10.6. The van der Waals surface area contributed by atoms with E-state index in [4.69, 9.17) is 20.6 Å². The summed E-state index contributed by atoms with van der Waals surface area (Å²) >= 11 is 0. The van der Waals surface area contributed by atoms with Gasteiger partial charge in [-0.05, 0) is 62.5 Å². The van der Waals surface area contributed by atoms with Crippen LogP contribution in [0.5, 0.6) is 0 Å². The van der Waals surface area contributed by atoms with Crippen molar-refractivity contribution < 1.29 is 43.5 Å². The van der Waals surface area contributed by atoms with Crippen molar-refractivity contribution in [1.29, 1.82) is 0 Å². The molecule has 55 heavy (non-hydrogen) atoms. The van der Waals surface area contributed by atoms with Gasteiger partial charge in [0.1, 0.15) is 25.3 Å². The zero-order valence-corrected chi connectivity index (χ0v) is 30.9. The molecule has 7 amide bonds. The lowest BCUT2D eigenvalue weighted by molar-refractivity contribution is -0.145. The highest BCUT2D eigenvalue weighted by Crippen LogP contribution is 2.32. The molecule has 4 N–H and O–H groups in total. The highest BCUT2D eigenvalue weighted by Gasteiger charge is 2.49. The number of hydrazine groups is 2. The van der Waals surface area contributed by atoms with Gasteiger partial charge in [-0.2, -0.15) is 10.1 Å². The van der Waals surface area contributed by atoms with E-state index in [0.717, 1.165) is 43.4 Å². The van der Waals surface area contributed by atoms with E-state index in [2.05, 4.69) is 5.43 Å². The second-order valence-electron chi connectivity index (χ2n) is 14.4. The third-order valence-corrected chi connectivity index (χ3v) is 10.6. The van der Waals surface area contributed by atoms with Crippen molar-refractivity contribution in [3.8, 4) is 0 Å². The van der Waals surface area contributed by atoms with Crippen LogP contribution in [0.15, 0.2) is 60.7 Å². The van der Waals surface area contributed by atoms with E-state index >= 15 is 0 Å². The summed E-state index contributed by atoms with van der Waals surface area (Å²) in [4.78, 5) is 85.5. The maximum Gasteiger partial charge on any atom is 0.345 e. The number of hydrogen-bond donors (Lipinski definition) is 3. The average Bonchev–Trinajstić information content (AvgIpc) is 3.58. The summed E-state index contributed by atoms with van der Waals surface area (Å²) in [6, 6.07) is 17.3. The number of fused-ring (bicyclic) bond motifs is 4. The average molecular weight is 763 g/mol. The highest BCUT2D eigenvalue weighted by atomic mass is 16.7. The van der Waals surface area contributed by atoms with Gasteiger partial charge in [0.25, 0.3) is 5.91 Å². The SMILES string of the molecule is NN1CCCCC1=O.O=C(NN1CCCCC1=O)[C@@H]1CC[C@@H]2CN1C(=O)N2OCc1ccccc1.O=C(O)[C@@H]1CC[C@@H]2CN1C(=O)N2OCc1ccccc1. The Morgan fingerprint density at radius 2 is 1.16 bits per heavy atom. The monoisotopic (exact) mass is 762 g/mol. The van der Waals surface area contributed by atoms with Gasteiger partial charge in [0, 0.05) is 39.0 Å². The second-order valence-corrected chi connectivity index (χ2v) is 14.4. The molecular weight excluding hydrogens is 712 g/mol. The number of benzene rings is 2. The van der Waals surface area contributed by atoms with Gasteiger partial charge in [0.15, 0.2) is 0 Å². The van der Waals surface area contributed by atoms with Crippen LogP contribution in [0.25, 0.3) is 0 Å². The van der Waals surface area contributed by atoms with Crippen molar-refractivity contribution in [2.45, 2.75) is 102 Å². The van der Waals surface area contributed by atoms with E-state index < -0.39 is 18.1 Å². The number of piperidine rings is 4. The number of carboxylic acids is 1. The van der Waals surface area contributed by atoms with Crippen LogP contribution in [0.1, 0.15) is 75.3 Å². The molecule has 2 aromatic carbocycles. The molecule has 0 aliphatic carbocycles. The summed E-state index contributed by atoms with van der Waals surface area (Å²) in [6.07, 6.45) is 7.29. The van der Waals surface area contributed by atoms with Crippen LogP contribution in [0.4, 0.5) is 9.59 Å². The molecule has 4 atom stereocenters. The topological polar surface area (TPSA) is 199 Å². The number of hydroxylamine groups is 4. The van der Waals surface area contributed by atoms with E-state index in [1.54, 1.807) is 4.90 Å². The van der Waals surface area contributed by atoms with Crippen LogP contribution in [-0.4, -0.2) is 121 Å². The van der Waals surface area contributed by atoms with Crippen molar-refractivity contribution in [2.24, 2.45) is 5.84 Å². The zero-order chi connectivity index (χ0) is 38.9. The molecule has 0 aromatic heterocycles. The normalized spacial score (nSPS) is 24.6. The molecule has 6 heterocycles. The Morgan fingerprint density at radius 1 is 0.673 bits per heavy atom. The molecule has 296 valence electrons. The number of carboxylic acid groups (broad SMARTS) is 1. The van der Waals surface area contributed by atoms with Crippen molar-refractivity contribution in [1.82, 2.24) is 35.4 Å². The molecule has 17 heteroatoms. The summed E-state index contributed by atoms with van der Waals surface area (Å²) in [5.41, 5.74) is 4.67. The molecular formula is C38H50N8O9. The van der Waals surface area contributed by atoms with Crippen molar-refractivity contribution in [2.75, 3.05) is 26.2 Å². The summed E-state index contributed by atoms with van der Waals surface area (Å²) in [5, 5.41) is 14.6. The molecule has 6 saturated heterocycles.